The van der Waals surface area contributed by atoms with E-state index in [-0.39, 0.29) is 61.7 Å². The van der Waals surface area contributed by atoms with Gasteiger partial charge in [0.05, 0.1) is 23.7 Å². The van der Waals surface area contributed by atoms with E-state index in [1.807, 2.05) is 25.1 Å². The van der Waals surface area contributed by atoms with Crippen molar-refractivity contribution in [2.75, 3.05) is 6.54 Å². The minimum Gasteiger partial charge on any atom is -0.462 e. The summed E-state index contributed by atoms with van der Waals surface area (Å²) in [5.74, 6) is -5.90. The number of halogens is 10. The lowest BCUT2D eigenvalue weighted by atomic mass is 9.85. The van der Waals surface area contributed by atoms with Gasteiger partial charge in [-0.25, -0.2) is 22.7 Å². The number of hydrogen-bond acceptors (Lipinski definition) is 9. The second kappa shape index (κ2) is 23.0. The Balaban J connectivity index is 0.000000280. The Kier molecular flexibility index (Phi) is 18.5. The summed E-state index contributed by atoms with van der Waals surface area (Å²) in [5, 5.41) is 19.5. The maximum atomic E-state index is 13.7. The lowest BCUT2D eigenvalue weighted by Crippen LogP contribution is -2.51. The molecule has 3 heterocycles. The lowest BCUT2D eigenvalue weighted by molar-refractivity contribution is -0.148. The average Bonchev–Trinajstić information content (AvgIpc) is 3.69. The van der Waals surface area contributed by atoms with Crippen LogP contribution in [0.25, 0.3) is 0 Å². The first-order chi connectivity index (χ1) is 31.9. The number of carbonyl (C=O) groups is 2. The maximum absolute atomic E-state index is 13.7. The van der Waals surface area contributed by atoms with E-state index in [0.29, 0.717) is 35.3 Å². The highest BCUT2D eigenvalue weighted by Crippen LogP contribution is 2.32. The van der Waals surface area contributed by atoms with Gasteiger partial charge < -0.3 is 39.9 Å². The Morgan fingerprint density at radius 1 is 0.913 bits per heavy atom. The predicted octanol–water partition coefficient (Wildman–Crippen LogP) is 7.40. The van der Waals surface area contributed by atoms with Crippen LogP contribution < -0.4 is 15.8 Å². The summed E-state index contributed by atoms with van der Waals surface area (Å²) >= 11 is 6.02. The summed E-state index contributed by atoms with van der Waals surface area (Å²) in [4.78, 5) is 52.0. The summed E-state index contributed by atoms with van der Waals surface area (Å²) in [7, 11) is -4.64. The molecule has 0 fully saturated rings. The fourth-order valence-electron chi connectivity index (χ4n) is 6.70. The minimum atomic E-state index is -4.64. The number of nitrogens with zero attached hydrogens (tertiary/aromatic N) is 6. The SMILES string of the molecule is C[C@H](NC(=O)C(C)(C)Oc1ccc(C(F)(F)F)cn1)[C@@H](Cc1ccc(Cl)cc1)c1cccc(C#N)c1.N[C@@H](CC(=O)N1CCn2c(nnc2C(F)(F)F)C1)Cc1cc(F)c(F)cc1F.O=P(O)(O)O. The molecule has 3 atom stereocenters. The van der Waals surface area contributed by atoms with E-state index >= 15 is 0 Å². The molecule has 1 aliphatic rings. The average molecular weight is 1020 g/mol. The van der Waals surface area contributed by atoms with Crippen molar-refractivity contribution in [3.05, 3.63) is 141 Å². The molecule has 372 valence electrons. The summed E-state index contributed by atoms with van der Waals surface area (Å²) in [6, 6.07) is 18.4. The summed E-state index contributed by atoms with van der Waals surface area (Å²) < 4.78 is 132. The third-order valence-corrected chi connectivity index (χ3v) is 10.4. The van der Waals surface area contributed by atoms with Crippen molar-refractivity contribution in [2.24, 2.45) is 5.73 Å². The molecule has 6 N–H and O–H groups in total. The number of alkyl halides is 6. The van der Waals surface area contributed by atoms with Crippen LogP contribution >= 0.6 is 19.4 Å². The molecule has 2 aromatic heterocycles. The van der Waals surface area contributed by atoms with Crippen molar-refractivity contribution < 1.29 is 73.1 Å². The fraction of sp³-hybridized carbons (Fsp3) is 0.349. The molecule has 1 aliphatic heterocycles. The number of amides is 2. The zero-order valence-electron chi connectivity index (χ0n) is 36.4. The maximum Gasteiger partial charge on any atom is 0.466 e. The molecule has 0 radical (unpaired) electrons. The Morgan fingerprint density at radius 3 is 2.13 bits per heavy atom. The Hall–Kier alpha value is -6.09. The van der Waals surface area contributed by atoms with Crippen LogP contribution in [0.3, 0.4) is 0 Å². The van der Waals surface area contributed by atoms with E-state index in [4.69, 9.17) is 41.3 Å². The minimum absolute atomic E-state index is 0.000783. The number of benzene rings is 3. The number of pyridine rings is 1. The Labute approximate surface area is 392 Å². The van der Waals surface area contributed by atoms with Gasteiger partial charge in [-0.05, 0) is 86.7 Å². The third-order valence-electron chi connectivity index (χ3n) is 10.1. The first kappa shape index (κ1) is 55.5. The summed E-state index contributed by atoms with van der Waals surface area (Å²) in [5.41, 5.74) is 5.69. The van der Waals surface area contributed by atoms with Crippen LogP contribution in [0.15, 0.2) is 79.0 Å². The number of ether oxygens (including phenoxy) is 1. The van der Waals surface area contributed by atoms with Crippen molar-refractivity contribution in [1.29, 1.82) is 5.26 Å². The van der Waals surface area contributed by atoms with Gasteiger partial charge in [0.2, 0.25) is 17.6 Å². The first-order valence-corrected chi connectivity index (χ1v) is 22.1. The number of rotatable bonds is 12. The molecule has 0 saturated heterocycles. The highest BCUT2D eigenvalue weighted by Gasteiger charge is 2.40. The quantitative estimate of drug-likeness (QED) is 0.0468. The van der Waals surface area contributed by atoms with Gasteiger partial charge in [0.1, 0.15) is 5.82 Å². The van der Waals surface area contributed by atoms with E-state index in [1.54, 1.807) is 30.3 Å². The van der Waals surface area contributed by atoms with Gasteiger partial charge in [0.15, 0.2) is 23.1 Å². The van der Waals surface area contributed by atoms with E-state index in [0.717, 1.165) is 27.8 Å². The molecule has 0 unspecified atom stereocenters. The van der Waals surface area contributed by atoms with Crippen LogP contribution in [0.4, 0.5) is 39.5 Å². The van der Waals surface area contributed by atoms with Gasteiger partial charge in [-0.3, -0.25) is 9.59 Å². The zero-order valence-corrected chi connectivity index (χ0v) is 38.1. The standard InChI is InChI=1S/C27H25ClF3N3O2.C16H15F6N5O.H3O4P/c1-17(34-25(35)26(2,3)36-24-12-9-21(16-33-24)27(29,30)31)23(14-18-7-10-22(28)11-8-18)20-6-4-5-19(13-20)15-32;17-10-6-12(19)11(18)4-8(10)3-9(23)5-14(28)26-1-2-27-13(7-26)24-25-15(27)16(20,21)22;1-5(2,3)4/h4-13,16-17,23H,14H2,1-3H3,(H,34,35);4,6,9H,1-3,5,7,23H2;(H3,1,2,3,4)/t17-,23+;9-;/m01./s1. The largest absolute Gasteiger partial charge is 0.466 e. The molecule has 15 nitrogen and oxygen atoms in total. The van der Waals surface area contributed by atoms with E-state index < -0.39 is 72.5 Å². The topological polar surface area (TPSA) is 230 Å². The number of phosphoric acid groups is 1. The normalized spacial score (nSPS) is 14.1. The Bertz CT molecular complexity index is 2650. The van der Waals surface area contributed by atoms with Gasteiger partial charge in [-0.15, -0.1) is 10.2 Å². The molecule has 69 heavy (non-hydrogen) atoms. The van der Waals surface area contributed by atoms with E-state index in [1.165, 1.54) is 18.7 Å². The van der Waals surface area contributed by atoms with Crippen LogP contribution in [0, 0.1) is 28.8 Å². The number of nitriles is 1. The van der Waals surface area contributed by atoms with Gasteiger partial charge in [-0.1, -0.05) is 35.9 Å². The molecule has 5 aromatic rings. The van der Waals surface area contributed by atoms with Crippen LogP contribution in [0.5, 0.6) is 5.88 Å². The van der Waals surface area contributed by atoms with Crippen LogP contribution in [0.2, 0.25) is 5.02 Å². The molecule has 0 bridgehead atoms. The van der Waals surface area contributed by atoms with Crippen molar-refractivity contribution in [3.8, 4) is 11.9 Å². The summed E-state index contributed by atoms with van der Waals surface area (Å²) in [6.45, 7) is 4.57. The first-order valence-electron chi connectivity index (χ1n) is 20.2. The highest BCUT2D eigenvalue weighted by atomic mass is 35.5. The second-order valence-electron chi connectivity index (χ2n) is 15.9. The zero-order chi connectivity index (χ0) is 51.6. The van der Waals surface area contributed by atoms with E-state index in [9.17, 15) is 54.4 Å². The third kappa shape index (κ3) is 16.8. The molecule has 6 rings (SSSR count). The highest BCUT2D eigenvalue weighted by molar-refractivity contribution is 7.45. The smallest absolute Gasteiger partial charge is 0.462 e. The molecule has 0 spiro atoms. The Morgan fingerprint density at radius 2 is 1.55 bits per heavy atom. The van der Waals surface area contributed by atoms with Crippen molar-refractivity contribution in [1.82, 2.24) is 30.0 Å². The lowest BCUT2D eigenvalue weighted by Gasteiger charge is -2.30. The van der Waals surface area contributed by atoms with Crippen LogP contribution in [0.1, 0.15) is 72.6 Å². The van der Waals surface area contributed by atoms with Gasteiger partial charge in [0, 0.05) is 60.9 Å². The molecule has 3 aromatic carbocycles. The molecular formula is C43H43ClF9N8O7P. The monoisotopic (exact) mass is 1020 g/mol. The van der Waals surface area contributed by atoms with E-state index in [2.05, 4.69) is 26.6 Å². The number of fused-ring (bicyclic) bond motifs is 1. The molecule has 0 aliphatic carbocycles. The molecule has 26 heteroatoms. The second-order valence-corrected chi connectivity index (χ2v) is 17.3. The van der Waals surface area contributed by atoms with Gasteiger partial charge >= 0.3 is 20.2 Å². The van der Waals surface area contributed by atoms with Gasteiger partial charge in [-0.2, -0.15) is 31.6 Å². The number of carbonyl (C=O) groups excluding carboxylic acids is 2. The number of aromatic nitrogens is 4. The molecule has 0 saturated carbocycles. The van der Waals surface area contributed by atoms with Crippen LogP contribution in [-0.2, 0) is 52.4 Å². The van der Waals surface area contributed by atoms with Crippen LogP contribution in [-0.4, -0.2) is 75.4 Å². The van der Waals surface area contributed by atoms with Crippen molar-refractivity contribution >= 4 is 31.2 Å². The molecule has 2 amide bonds. The van der Waals surface area contributed by atoms with Crippen molar-refractivity contribution in [3.63, 3.8) is 0 Å². The predicted molar refractivity (Wildman–Crippen MR) is 228 cm³/mol. The fourth-order valence-corrected chi connectivity index (χ4v) is 6.83. The number of hydrogen-bond donors (Lipinski definition) is 5. The number of nitrogens with one attached hydrogen (secondary N) is 1. The molecular weight excluding hydrogens is 978 g/mol. The van der Waals surface area contributed by atoms with Crippen molar-refractivity contribution in [2.45, 2.75) is 89.1 Å². The summed E-state index contributed by atoms with van der Waals surface area (Å²) in [6.07, 6.45) is -8.40. The van der Waals surface area contributed by atoms with Gasteiger partial charge in [0.25, 0.3) is 5.91 Å². The number of nitrogens with two attached hydrogens (primary N) is 1.